The van der Waals surface area contributed by atoms with Crippen LogP contribution in [0.15, 0.2) is 46.9 Å². The summed E-state index contributed by atoms with van der Waals surface area (Å²) in [7, 11) is 0. The van der Waals surface area contributed by atoms with E-state index in [1.807, 2.05) is 29.2 Å². The van der Waals surface area contributed by atoms with Crippen LogP contribution in [-0.4, -0.2) is 53.5 Å². The summed E-state index contributed by atoms with van der Waals surface area (Å²) in [4.78, 5) is 20.5. The third kappa shape index (κ3) is 3.42. The summed E-state index contributed by atoms with van der Waals surface area (Å²) in [6.07, 6.45) is 1.01. The quantitative estimate of drug-likeness (QED) is 0.674. The second-order valence-corrected chi connectivity index (χ2v) is 8.44. The first-order chi connectivity index (χ1) is 13.7. The molecule has 3 aromatic rings. The molecule has 0 aliphatic carbocycles. The summed E-state index contributed by atoms with van der Waals surface area (Å²) in [5, 5.41) is 1.06. The lowest BCUT2D eigenvalue weighted by molar-refractivity contribution is 0.0623. The number of H-pyrrole nitrogens is 1. The Hall–Kier alpha value is -2.31. The van der Waals surface area contributed by atoms with Gasteiger partial charge in [-0.15, -0.1) is 0 Å². The molecule has 1 N–H and O–H groups in total. The van der Waals surface area contributed by atoms with Crippen molar-refractivity contribution in [3.8, 4) is 5.75 Å². The topological polar surface area (TPSA) is 48.6 Å². The van der Waals surface area contributed by atoms with Gasteiger partial charge in [0.25, 0.3) is 5.91 Å². The van der Waals surface area contributed by atoms with Gasteiger partial charge >= 0.3 is 0 Å². The van der Waals surface area contributed by atoms with Crippen molar-refractivity contribution in [2.75, 3.05) is 32.8 Å². The van der Waals surface area contributed by atoms with Crippen LogP contribution < -0.4 is 4.74 Å². The average Bonchev–Trinajstić information content (AvgIpc) is 3.34. The van der Waals surface area contributed by atoms with E-state index in [1.54, 1.807) is 0 Å². The van der Waals surface area contributed by atoms with E-state index in [0.717, 1.165) is 66.9 Å². The predicted octanol–water partition coefficient (Wildman–Crippen LogP) is 3.82. The van der Waals surface area contributed by atoms with E-state index in [-0.39, 0.29) is 5.91 Å². The molecule has 0 spiro atoms. The Labute approximate surface area is 172 Å². The van der Waals surface area contributed by atoms with Crippen LogP contribution in [-0.2, 0) is 13.0 Å². The second-order valence-electron chi connectivity index (χ2n) is 7.52. The van der Waals surface area contributed by atoms with Crippen LogP contribution in [0.1, 0.15) is 21.6 Å². The maximum Gasteiger partial charge on any atom is 0.270 e. The Morgan fingerprint density at radius 3 is 2.79 bits per heavy atom. The van der Waals surface area contributed by atoms with E-state index in [0.29, 0.717) is 5.69 Å². The summed E-state index contributed by atoms with van der Waals surface area (Å²) in [5.41, 5.74) is 4.29. The first kappa shape index (κ1) is 17.8. The fourth-order valence-electron chi connectivity index (χ4n) is 4.09. The van der Waals surface area contributed by atoms with Gasteiger partial charge in [0, 0.05) is 54.5 Å². The number of nitrogens with one attached hydrogen (secondary N) is 1. The molecular weight excluding hydrogens is 418 g/mol. The fraction of sp³-hybridized carbons (Fsp3) is 0.318. The molecule has 0 unspecified atom stereocenters. The van der Waals surface area contributed by atoms with Crippen LogP contribution in [0.3, 0.4) is 0 Å². The van der Waals surface area contributed by atoms with Crippen LogP contribution in [0.5, 0.6) is 5.75 Å². The number of hydrogen-bond donors (Lipinski definition) is 1. The highest BCUT2D eigenvalue weighted by Crippen LogP contribution is 2.26. The number of halogens is 1. The zero-order chi connectivity index (χ0) is 19.1. The molecule has 0 saturated carbocycles. The maximum absolute atomic E-state index is 12.9. The number of carbonyl (C=O) groups is 1. The minimum atomic E-state index is 0.0849. The number of ether oxygens (including phenoxy) is 1. The van der Waals surface area contributed by atoms with Crippen molar-refractivity contribution in [3.63, 3.8) is 0 Å². The van der Waals surface area contributed by atoms with Gasteiger partial charge in [-0.3, -0.25) is 9.69 Å². The van der Waals surface area contributed by atoms with Gasteiger partial charge in [0.15, 0.2) is 0 Å². The molecule has 3 heterocycles. The molecule has 0 atom stereocenters. The summed E-state index contributed by atoms with van der Waals surface area (Å²) in [6, 6.07) is 14.5. The zero-order valence-electron chi connectivity index (χ0n) is 15.6. The number of amides is 1. The van der Waals surface area contributed by atoms with Crippen molar-refractivity contribution in [1.29, 1.82) is 0 Å². The first-order valence-corrected chi connectivity index (χ1v) is 10.5. The lowest BCUT2D eigenvalue weighted by Gasteiger charge is -2.34. The molecule has 5 nitrogen and oxygen atoms in total. The number of fused-ring (bicyclic) bond motifs is 2. The smallest absolute Gasteiger partial charge is 0.270 e. The third-order valence-corrected chi connectivity index (χ3v) is 6.13. The molecule has 1 aromatic heterocycles. The van der Waals surface area contributed by atoms with Crippen molar-refractivity contribution in [2.45, 2.75) is 13.0 Å². The molecule has 28 heavy (non-hydrogen) atoms. The molecule has 6 heteroatoms. The van der Waals surface area contributed by atoms with Crippen LogP contribution in [0.25, 0.3) is 10.9 Å². The fourth-order valence-corrected chi connectivity index (χ4v) is 4.45. The highest BCUT2D eigenvalue weighted by molar-refractivity contribution is 9.10. The SMILES string of the molecule is O=C(c1cc2ccc(Br)cc2[nH]1)N1CCN(Cc2ccc3c(c2)CCO3)CC1. The normalized spacial score (nSPS) is 17.0. The van der Waals surface area contributed by atoms with Gasteiger partial charge in [0.2, 0.25) is 0 Å². The van der Waals surface area contributed by atoms with E-state index >= 15 is 0 Å². The van der Waals surface area contributed by atoms with Crippen molar-refractivity contribution in [1.82, 2.24) is 14.8 Å². The molecule has 0 radical (unpaired) electrons. The number of benzene rings is 2. The highest BCUT2D eigenvalue weighted by atomic mass is 79.9. The minimum absolute atomic E-state index is 0.0849. The summed E-state index contributed by atoms with van der Waals surface area (Å²) >= 11 is 3.48. The number of aromatic amines is 1. The minimum Gasteiger partial charge on any atom is -0.493 e. The van der Waals surface area contributed by atoms with Crippen LogP contribution in [0.4, 0.5) is 0 Å². The van der Waals surface area contributed by atoms with Crippen molar-refractivity contribution >= 4 is 32.7 Å². The number of rotatable bonds is 3. The van der Waals surface area contributed by atoms with Gasteiger partial charge in [-0.1, -0.05) is 34.1 Å². The van der Waals surface area contributed by atoms with Gasteiger partial charge in [-0.2, -0.15) is 0 Å². The number of nitrogens with zero attached hydrogens (tertiary/aromatic N) is 2. The molecular formula is C22H22BrN3O2. The molecule has 0 bridgehead atoms. The van der Waals surface area contributed by atoms with Crippen molar-refractivity contribution < 1.29 is 9.53 Å². The van der Waals surface area contributed by atoms with Crippen LogP contribution in [0.2, 0.25) is 0 Å². The monoisotopic (exact) mass is 439 g/mol. The Balaban J connectivity index is 1.22. The number of piperazine rings is 1. The second kappa shape index (κ2) is 7.26. The molecule has 144 valence electrons. The molecule has 1 saturated heterocycles. The van der Waals surface area contributed by atoms with E-state index in [1.165, 1.54) is 11.1 Å². The van der Waals surface area contributed by atoms with Gasteiger partial charge in [0.05, 0.1) is 6.61 Å². The summed E-state index contributed by atoms with van der Waals surface area (Å²) in [5.74, 6) is 1.12. The lowest BCUT2D eigenvalue weighted by atomic mass is 10.1. The zero-order valence-corrected chi connectivity index (χ0v) is 17.2. The van der Waals surface area contributed by atoms with Gasteiger partial charge in [-0.05, 0) is 35.4 Å². The predicted molar refractivity (Wildman–Crippen MR) is 113 cm³/mol. The number of hydrogen-bond acceptors (Lipinski definition) is 3. The summed E-state index contributed by atoms with van der Waals surface area (Å²) in [6.45, 7) is 5.02. The Morgan fingerprint density at radius 1 is 1.07 bits per heavy atom. The molecule has 2 aliphatic rings. The molecule has 5 rings (SSSR count). The molecule has 2 aromatic carbocycles. The Kier molecular flexibility index (Phi) is 4.61. The van der Waals surface area contributed by atoms with E-state index < -0.39 is 0 Å². The Morgan fingerprint density at radius 2 is 1.93 bits per heavy atom. The third-order valence-electron chi connectivity index (χ3n) is 5.63. The maximum atomic E-state index is 12.9. The standard InChI is InChI=1S/C22H22BrN3O2/c23-18-3-2-16-12-20(24-19(16)13-18)22(27)26-8-6-25(7-9-26)14-15-1-4-21-17(11-15)5-10-28-21/h1-4,11-13,24H,5-10,14H2. The van der Waals surface area contributed by atoms with Crippen molar-refractivity contribution in [3.05, 3.63) is 63.8 Å². The molecule has 2 aliphatic heterocycles. The summed E-state index contributed by atoms with van der Waals surface area (Å²) < 4.78 is 6.60. The largest absolute Gasteiger partial charge is 0.493 e. The van der Waals surface area contributed by atoms with Crippen LogP contribution in [0, 0.1) is 0 Å². The molecule has 1 fully saturated rings. The van der Waals surface area contributed by atoms with Gasteiger partial charge in [0.1, 0.15) is 11.4 Å². The Bertz CT molecular complexity index is 1040. The van der Waals surface area contributed by atoms with Gasteiger partial charge < -0.3 is 14.6 Å². The number of carbonyl (C=O) groups excluding carboxylic acids is 1. The lowest BCUT2D eigenvalue weighted by Crippen LogP contribution is -2.48. The van der Waals surface area contributed by atoms with E-state index in [9.17, 15) is 4.79 Å². The van der Waals surface area contributed by atoms with Gasteiger partial charge in [-0.25, -0.2) is 0 Å². The van der Waals surface area contributed by atoms with Crippen molar-refractivity contribution in [2.24, 2.45) is 0 Å². The average molecular weight is 440 g/mol. The van der Waals surface area contributed by atoms with Crippen LogP contribution >= 0.6 is 15.9 Å². The van der Waals surface area contributed by atoms with E-state index in [4.69, 9.17) is 4.74 Å². The first-order valence-electron chi connectivity index (χ1n) is 9.70. The van der Waals surface area contributed by atoms with E-state index in [2.05, 4.69) is 44.0 Å². The number of aromatic nitrogens is 1. The molecule has 1 amide bonds. The highest BCUT2D eigenvalue weighted by Gasteiger charge is 2.23.